The molecule has 1 unspecified atom stereocenters. The second-order valence-electron chi connectivity index (χ2n) is 6.26. The summed E-state index contributed by atoms with van der Waals surface area (Å²) >= 11 is 1.39. The summed E-state index contributed by atoms with van der Waals surface area (Å²) in [5.41, 5.74) is 2.04. The van der Waals surface area contributed by atoms with E-state index in [9.17, 15) is 4.79 Å². The number of amides is 1. The molecule has 7 nitrogen and oxygen atoms in total. The summed E-state index contributed by atoms with van der Waals surface area (Å²) in [5, 5.41) is 11.8. The molecule has 0 radical (unpaired) electrons. The number of aromatic nitrogens is 4. The number of pyridine rings is 1. The topological polar surface area (TPSA) is 81.9 Å². The summed E-state index contributed by atoms with van der Waals surface area (Å²) in [6, 6.07) is 11.6. The number of nitrogens with one attached hydrogen (secondary N) is 1. The number of methoxy groups -OCH3 is 1. The lowest BCUT2D eigenvalue weighted by atomic mass is 10.1. The molecule has 8 heteroatoms. The van der Waals surface area contributed by atoms with Crippen LogP contribution in [0.3, 0.4) is 0 Å². The number of hydrogen-bond donors (Lipinski definition) is 1. The Kier molecular flexibility index (Phi) is 6.65. The van der Waals surface area contributed by atoms with Crippen LogP contribution in [-0.2, 0) is 18.3 Å². The second kappa shape index (κ2) is 9.36. The molecule has 0 aliphatic rings. The largest absolute Gasteiger partial charge is 0.497 e. The van der Waals surface area contributed by atoms with Crippen LogP contribution >= 0.6 is 11.8 Å². The van der Waals surface area contributed by atoms with E-state index in [1.807, 2.05) is 54.9 Å². The van der Waals surface area contributed by atoms with Gasteiger partial charge in [-0.1, -0.05) is 23.9 Å². The Morgan fingerprint density at radius 1 is 1.25 bits per heavy atom. The van der Waals surface area contributed by atoms with Gasteiger partial charge in [0.2, 0.25) is 5.91 Å². The Morgan fingerprint density at radius 3 is 2.71 bits per heavy atom. The Bertz CT molecular complexity index is 912. The second-order valence-corrected chi connectivity index (χ2v) is 7.56. The van der Waals surface area contributed by atoms with Crippen molar-refractivity contribution in [3.8, 4) is 17.1 Å². The molecule has 146 valence electrons. The Morgan fingerprint density at radius 2 is 2.04 bits per heavy atom. The molecule has 0 aliphatic heterocycles. The lowest BCUT2D eigenvalue weighted by Gasteiger charge is -2.12. The summed E-state index contributed by atoms with van der Waals surface area (Å²) < 4.78 is 7.03. The van der Waals surface area contributed by atoms with E-state index in [1.165, 1.54) is 11.8 Å². The minimum Gasteiger partial charge on any atom is -0.497 e. The number of rotatable bonds is 8. The van der Waals surface area contributed by atoms with Crippen LogP contribution in [0, 0.1) is 0 Å². The summed E-state index contributed by atoms with van der Waals surface area (Å²) in [7, 11) is 3.53. The molecule has 1 N–H and O–H groups in total. The van der Waals surface area contributed by atoms with Gasteiger partial charge in [0.1, 0.15) is 5.75 Å². The van der Waals surface area contributed by atoms with E-state index in [2.05, 4.69) is 20.5 Å². The van der Waals surface area contributed by atoms with Crippen LogP contribution in [0.4, 0.5) is 0 Å². The van der Waals surface area contributed by atoms with Crippen LogP contribution in [0.15, 0.2) is 53.9 Å². The van der Waals surface area contributed by atoms with E-state index in [4.69, 9.17) is 4.74 Å². The molecule has 28 heavy (non-hydrogen) atoms. The van der Waals surface area contributed by atoms with Gasteiger partial charge in [-0.2, -0.15) is 0 Å². The lowest BCUT2D eigenvalue weighted by Crippen LogP contribution is -2.32. The zero-order chi connectivity index (χ0) is 19.9. The molecule has 1 amide bonds. The van der Waals surface area contributed by atoms with Gasteiger partial charge in [0.05, 0.1) is 12.4 Å². The molecule has 0 saturated heterocycles. The maximum absolute atomic E-state index is 12.4. The Balaban J connectivity index is 1.52. The van der Waals surface area contributed by atoms with Crippen LogP contribution in [0.1, 0.15) is 12.5 Å². The van der Waals surface area contributed by atoms with Crippen LogP contribution in [0.25, 0.3) is 11.4 Å². The van der Waals surface area contributed by atoms with Crippen LogP contribution in [0.5, 0.6) is 5.75 Å². The van der Waals surface area contributed by atoms with Gasteiger partial charge in [-0.25, -0.2) is 0 Å². The number of benzene rings is 1. The highest BCUT2D eigenvalue weighted by atomic mass is 32.2. The highest BCUT2D eigenvalue weighted by Crippen LogP contribution is 2.25. The molecule has 0 spiro atoms. The standard InChI is InChI=1S/C20H23N5O2S/c1-14(19(26)22-12-10-15-6-8-17(27-3)9-7-15)28-20-24-23-18(25(20)2)16-5-4-11-21-13-16/h4-9,11,13-14H,10,12H2,1-3H3,(H,22,26). The van der Waals surface area contributed by atoms with E-state index in [0.29, 0.717) is 11.7 Å². The van der Waals surface area contributed by atoms with Crippen molar-refractivity contribution in [2.24, 2.45) is 7.05 Å². The van der Waals surface area contributed by atoms with Crippen molar-refractivity contribution in [2.45, 2.75) is 23.8 Å². The summed E-state index contributed by atoms with van der Waals surface area (Å²) in [6.45, 7) is 2.45. The molecule has 3 rings (SSSR count). The molecular weight excluding hydrogens is 374 g/mol. The summed E-state index contributed by atoms with van der Waals surface area (Å²) in [6.07, 6.45) is 4.23. The van der Waals surface area contributed by atoms with Crippen LogP contribution in [0.2, 0.25) is 0 Å². The number of nitrogens with zero attached hydrogens (tertiary/aromatic N) is 4. The van der Waals surface area contributed by atoms with Crippen molar-refractivity contribution in [1.29, 1.82) is 0 Å². The van der Waals surface area contributed by atoms with Crippen molar-refractivity contribution in [3.63, 3.8) is 0 Å². The van der Waals surface area contributed by atoms with Gasteiger partial charge in [0.15, 0.2) is 11.0 Å². The molecular formula is C20H23N5O2S. The highest BCUT2D eigenvalue weighted by Gasteiger charge is 2.19. The van der Waals surface area contributed by atoms with Gasteiger partial charge in [-0.05, 0) is 43.2 Å². The predicted molar refractivity (Wildman–Crippen MR) is 109 cm³/mol. The fraction of sp³-hybridized carbons (Fsp3) is 0.300. The van der Waals surface area contributed by atoms with Gasteiger partial charge >= 0.3 is 0 Å². The molecule has 1 atom stereocenters. The minimum absolute atomic E-state index is 0.0237. The Labute approximate surface area is 168 Å². The van der Waals surface area contributed by atoms with Gasteiger partial charge < -0.3 is 14.6 Å². The Hall–Kier alpha value is -2.87. The third-order valence-electron chi connectivity index (χ3n) is 4.28. The molecule has 0 bridgehead atoms. The smallest absolute Gasteiger partial charge is 0.233 e. The zero-order valence-electron chi connectivity index (χ0n) is 16.1. The van der Waals surface area contributed by atoms with E-state index in [1.54, 1.807) is 19.5 Å². The monoisotopic (exact) mass is 397 g/mol. The first-order valence-electron chi connectivity index (χ1n) is 8.95. The van der Waals surface area contributed by atoms with Crippen molar-refractivity contribution in [1.82, 2.24) is 25.1 Å². The van der Waals surface area contributed by atoms with Gasteiger partial charge in [0.25, 0.3) is 0 Å². The van der Waals surface area contributed by atoms with E-state index in [-0.39, 0.29) is 11.2 Å². The molecule has 3 aromatic rings. The summed E-state index contributed by atoms with van der Waals surface area (Å²) in [4.78, 5) is 16.5. The SMILES string of the molecule is COc1ccc(CCNC(=O)C(C)Sc2nnc(-c3cccnc3)n2C)cc1. The fourth-order valence-corrected chi connectivity index (χ4v) is 3.48. The van der Waals surface area contributed by atoms with Crippen LogP contribution in [-0.4, -0.2) is 44.6 Å². The number of hydrogen-bond acceptors (Lipinski definition) is 6. The number of thioether (sulfide) groups is 1. The average Bonchev–Trinajstić information content (AvgIpc) is 3.09. The first-order chi connectivity index (χ1) is 13.6. The fourth-order valence-electron chi connectivity index (χ4n) is 2.64. The molecule has 0 aliphatic carbocycles. The number of carbonyl (C=O) groups is 1. The first kappa shape index (κ1) is 19.9. The van der Waals surface area contributed by atoms with Gasteiger partial charge in [0, 0.05) is 31.5 Å². The van der Waals surface area contributed by atoms with Crippen molar-refractivity contribution >= 4 is 17.7 Å². The lowest BCUT2D eigenvalue weighted by molar-refractivity contribution is -0.120. The van der Waals surface area contributed by atoms with Crippen molar-refractivity contribution in [3.05, 3.63) is 54.4 Å². The van der Waals surface area contributed by atoms with Crippen molar-refractivity contribution in [2.75, 3.05) is 13.7 Å². The number of ether oxygens (including phenoxy) is 1. The average molecular weight is 398 g/mol. The maximum atomic E-state index is 12.4. The highest BCUT2D eigenvalue weighted by molar-refractivity contribution is 8.00. The first-order valence-corrected chi connectivity index (χ1v) is 9.83. The van der Waals surface area contributed by atoms with Crippen molar-refractivity contribution < 1.29 is 9.53 Å². The molecule has 0 fully saturated rings. The molecule has 0 saturated carbocycles. The molecule has 1 aromatic carbocycles. The number of carbonyl (C=O) groups excluding carboxylic acids is 1. The third kappa shape index (κ3) is 4.89. The zero-order valence-corrected chi connectivity index (χ0v) is 16.9. The molecule has 2 heterocycles. The maximum Gasteiger partial charge on any atom is 0.233 e. The molecule has 2 aromatic heterocycles. The van der Waals surface area contributed by atoms with Crippen LogP contribution < -0.4 is 10.1 Å². The van der Waals surface area contributed by atoms with E-state index in [0.717, 1.165) is 29.1 Å². The quantitative estimate of drug-likeness (QED) is 0.589. The minimum atomic E-state index is -0.277. The van der Waals surface area contributed by atoms with E-state index < -0.39 is 0 Å². The van der Waals surface area contributed by atoms with E-state index >= 15 is 0 Å². The summed E-state index contributed by atoms with van der Waals surface area (Å²) in [5.74, 6) is 1.53. The normalized spacial score (nSPS) is 11.8. The van der Waals surface area contributed by atoms with Gasteiger partial charge in [-0.15, -0.1) is 10.2 Å². The predicted octanol–water partition coefficient (Wildman–Crippen LogP) is 2.73. The third-order valence-corrected chi connectivity index (χ3v) is 5.41. The van der Waals surface area contributed by atoms with Gasteiger partial charge in [-0.3, -0.25) is 9.78 Å².